The van der Waals surface area contributed by atoms with E-state index in [1.807, 2.05) is 35.1 Å². The summed E-state index contributed by atoms with van der Waals surface area (Å²) in [6.45, 7) is 0. The Morgan fingerprint density at radius 2 is 1.97 bits per heavy atom. The quantitative estimate of drug-likeness (QED) is 0.468. The summed E-state index contributed by atoms with van der Waals surface area (Å²) in [5.74, 6) is 0.779. The third-order valence-electron chi connectivity index (χ3n) is 5.70. The van der Waals surface area contributed by atoms with Crippen molar-refractivity contribution in [1.82, 2.24) is 24.3 Å². The van der Waals surface area contributed by atoms with Crippen LogP contribution >= 0.6 is 0 Å². The number of rotatable bonds is 5. The number of pyridine rings is 1. The molecule has 0 spiro atoms. The van der Waals surface area contributed by atoms with Crippen LogP contribution in [-0.4, -0.2) is 50.0 Å². The minimum Gasteiger partial charge on any atom is -0.480 e. The van der Waals surface area contributed by atoms with Gasteiger partial charge < -0.3 is 19.4 Å². The van der Waals surface area contributed by atoms with Gasteiger partial charge in [-0.2, -0.15) is 9.97 Å². The fourth-order valence-electron chi connectivity index (χ4n) is 4.22. The van der Waals surface area contributed by atoms with Gasteiger partial charge >= 0.3 is 6.36 Å². The Morgan fingerprint density at radius 1 is 1.16 bits per heavy atom. The van der Waals surface area contributed by atoms with Gasteiger partial charge in [0, 0.05) is 42.0 Å². The molecule has 4 aromatic heterocycles. The number of nitrogens with one attached hydrogen (secondary N) is 2. The molecular weight excluding hydrogens is 425 g/mol. The molecule has 0 unspecified atom stereocenters. The highest BCUT2D eigenvalue weighted by Gasteiger charge is 2.35. The third-order valence-corrected chi connectivity index (χ3v) is 5.70. The van der Waals surface area contributed by atoms with Crippen molar-refractivity contribution in [3.63, 3.8) is 0 Å². The molecule has 1 aliphatic carbocycles. The van der Waals surface area contributed by atoms with E-state index in [1.165, 1.54) is 0 Å². The van der Waals surface area contributed by atoms with Crippen LogP contribution in [0.25, 0.3) is 27.8 Å². The van der Waals surface area contributed by atoms with Crippen LogP contribution in [0.2, 0.25) is 0 Å². The van der Waals surface area contributed by atoms with Gasteiger partial charge in [-0.25, -0.2) is 4.98 Å². The van der Waals surface area contributed by atoms with E-state index in [0.29, 0.717) is 43.2 Å². The Bertz CT molecular complexity index is 1240. The maximum absolute atomic E-state index is 12.4. The number of nitrogens with zero attached hydrogens (tertiary/aromatic N) is 4. The van der Waals surface area contributed by atoms with Crippen LogP contribution in [0, 0.1) is 0 Å². The Balaban J connectivity index is 1.37. The van der Waals surface area contributed by atoms with Gasteiger partial charge in [-0.05, 0) is 37.8 Å². The number of hydrogen-bond acceptors (Lipinski definition) is 6. The monoisotopic (exact) mass is 446 g/mol. The number of fused-ring (bicyclic) bond motifs is 2. The number of aromatic amines is 1. The molecule has 0 saturated heterocycles. The number of imidazole rings is 1. The summed E-state index contributed by atoms with van der Waals surface area (Å²) in [5, 5.41) is 3.98. The summed E-state index contributed by atoms with van der Waals surface area (Å²) < 4.78 is 48.9. The Kier molecular flexibility index (Phi) is 5.12. The van der Waals surface area contributed by atoms with Crippen molar-refractivity contribution >= 4 is 22.6 Å². The molecule has 1 aliphatic rings. The first kappa shape index (κ1) is 20.6. The number of alkyl halides is 3. The van der Waals surface area contributed by atoms with E-state index in [4.69, 9.17) is 4.74 Å². The predicted molar refractivity (Wildman–Crippen MR) is 111 cm³/mol. The van der Waals surface area contributed by atoms with Crippen molar-refractivity contribution in [1.29, 1.82) is 0 Å². The summed E-state index contributed by atoms with van der Waals surface area (Å²) >= 11 is 0. The van der Waals surface area contributed by atoms with Crippen molar-refractivity contribution in [3.8, 4) is 17.0 Å². The van der Waals surface area contributed by atoms with Gasteiger partial charge in [0.15, 0.2) is 0 Å². The SMILES string of the molecule is COc1nc(N[C@H]2CC[C@@H](OC(F)(F)F)CC2)nc2[nH]cc(-c3ccc4nccn4c3)c12. The second-order valence-electron chi connectivity index (χ2n) is 7.77. The summed E-state index contributed by atoms with van der Waals surface area (Å²) in [6, 6.07) is 3.86. The van der Waals surface area contributed by atoms with Crippen LogP contribution in [0.3, 0.4) is 0 Å². The van der Waals surface area contributed by atoms with Crippen molar-refractivity contribution in [2.75, 3.05) is 12.4 Å². The summed E-state index contributed by atoms with van der Waals surface area (Å²) in [6.07, 6.45) is 3.74. The second-order valence-corrected chi connectivity index (χ2v) is 7.77. The zero-order chi connectivity index (χ0) is 22.3. The first-order chi connectivity index (χ1) is 15.4. The van der Waals surface area contributed by atoms with Gasteiger partial charge in [-0.15, -0.1) is 13.2 Å². The van der Waals surface area contributed by atoms with Gasteiger partial charge in [0.05, 0.1) is 18.6 Å². The topological polar surface area (TPSA) is 89.4 Å². The van der Waals surface area contributed by atoms with Gasteiger partial charge in [0.2, 0.25) is 11.8 Å². The molecule has 2 N–H and O–H groups in total. The fraction of sp³-hybridized carbons (Fsp3) is 0.381. The molecule has 4 aromatic rings. The van der Waals surface area contributed by atoms with Crippen LogP contribution in [0.1, 0.15) is 25.7 Å². The number of H-pyrrole nitrogens is 1. The van der Waals surface area contributed by atoms with Gasteiger partial charge in [0.1, 0.15) is 11.3 Å². The molecule has 8 nitrogen and oxygen atoms in total. The molecule has 0 bridgehead atoms. The molecular formula is C21H21F3N6O2. The molecule has 4 heterocycles. The standard InChI is InChI=1S/C21H21F3N6O2/c1-31-19-17-15(12-2-7-16-25-8-9-30(16)11-12)10-26-18(17)28-20(29-19)27-13-3-5-14(6-4-13)32-21(22,23)24/h2,7-11,13-14H,3-6H2,1H3,(H2,26,27,28,29)/t13-,14+. The third kappa shape index (κ3) is 4.07. The van der Waals surface area contributed by atoms with E-state index in [2.05, 4.69) is 30.0 Å². The molecule has 1 saturated carbocycles. The highest BCUT2D eigenvalue weighted by Crippen LogP contribution is 2.35. The van der Waals surface area contributed by atoms with Crippen LogP contribution < -0.4 is 10.1 Å². The molecule has 0 aliphatic heterocycles. The Hall–Kier alpha value is -3.34. The zero-order valence-corrected chi connectivity index (χ0v) is 17.2. The molecule has 1 fully saturated rings. The molecule has 0 radical (unpaired) electrons. The maximum Gasteiger partial charge on any atom is 0.522 e. The van der Waals surface area contributed by atoms with E-state index in [0.717, 1.165) is 22.2 Å². The van der Waals surface area contributed by atoms with Crippen LogP contribution in [-0.2, 0) is 4.74 Å². The van der Waals surface area contributed by atoms with E-state index in [9.17, 15) is 13.2 Å². The molecule has 5 rings (SSSR count). The van der Waals surface area contributed by atoms with E-state index in [1.54, 1.807) is 13.3 Å². The lowest BCUT2D eigenvalue weighted by atomic mass is 9.93. The van der Waals surface area contributed by atoms with Gasteiger partial charge in [-0.1, -0.05) is 0 Å². The number of ether oxygens (including phenoxy) is 2. The molecule has 0 atom stereocenters. The van der Waals surface area contributed by atoms with Crippen LogP contribution in [0.4, 0.5) is 19.1 Å². The van der Waals surface area contributed by atoms with Crippen molar-refractivity contribution in [3.05, 3.63) is 36.9 Å². The highest BCUT2D eigenvalue weighted by molar-refractivity contribution is 5.97. The van der Waals surface area contributed by atoms with E-state index in [-0.39, 0.29) is 6.04 Å². The number of methoxy groups -OCH3 is 1. The summed E-state index contributed by atoms with van der Waals surface area (Å²) in [5.41, 5.74) is 3.30. The number of hydrogen-bond donors (Lipinski definition) is 2. The van der Waals surface area contributed by atoms with Gasteiger partial charge in [-0.3, -0.25) is 4.74 Å². The lowest BCUT2D eigenvalue weighted by Gasteiger charge is -2.29. The largest absolute Gasteiger partial charge is 0.522 e. The Labute approximate surface area is 180 Å². The minimum absolute atomic E-state index is 0.0386. The fourth-order valence-corrected chi connectivity index (χ4v) is 4.22. The van der Waals surface area contributed by atoms with Crippen molar-refractivity contribution in [2.24, 2.45) is 0 Å². The maximum atomic E-state index is 12.4. The minimum atomic E-state index is -4.60. The van der Waals surface area contributed by atoms with Crippen LogP contribution in [0.5, 0.6) is 5.88 Å². The number of aromatic nitrogens is 5. The van der Waals surface area contributed by atoms with Gasteiger partial charge in [0.25, 0.3) is 0 Å². The second kappa shape index (κ2) is 7.97. The molecule has 168 valence electrons. The highest BCUT2D eigenvalue weighted by atomic mass is 19.4. The predicted octanol–water partition coefficient (Wildman–Crippen LogP) is 4.54. The number of halogens is 3. The average Bonchev–Trinajstić information content (AvgIpc) is 3.40. The first-order valence-electron chi connectivity index (χ1n) is 10.3. The molecule has 0 aromatic carbocycles. The number of anilines is 1. The molecule has 0 amide bonds. The lowest BCUT2D eigenvalue weighted by Crippen LogP contribution is -2.33. The first-order valence-corrected chi connectivity index (χ1v) is 10.3. The van der Waals surface area contributed by atoms with Crippen molar-refractivity contribution < 1.29 is 22.6 Å². The lowest BCUT2D eigenvalue weighted by molar-refractivity contribution is -0.345. The normalized spacial score (nSPS) is 19.5. The van der Waals surface area contributed by atoms with Crippen molar-refractivity contribution in [2.45, 2.75) is 44.2 Å². The average molecular weight is 446 g/mol. The van der Waals surface area contributed by atoms with Crippen LogP contribution in [0.15, 0.2) is 36.9 Å². The summed E-state index contributed by atoms with van der Waals surface area (Å²) in [4.78, 5) is 16.5. The Morgan fingerprint density at radius 3 is 2.72 bits per heavy atom. The molecule has 11 heteroatoms. The van der Waals surface area contributed by atoms with E-state index < -0.39 is 12.5 Å². The molecule has 32 heavy (non-hydrogen) atoms. The smallest absolute Gasteiger partial charge is 0.480 e. The zero-order valence-electron chi connectivity index (χ0n) is 17.2. The summed E-state index contributed by atoms with van der Waals surface area (Å²) in [7, 11) is 1.54. The van der Waals surface area contributed by atoms with E-state index >= 15 is 0 Å².